The van der Waals surface area contributed by atoms with Crippen molar-refractivity contribution in [2.45, 2.75) is 26.4 Å². The molecule has 0 aliphatic heterocycles. The Bertz CT molecular complexity index is 632. The lowest BCUT2D eigenvalue weighted by Crippen LogP contribution is -2.21. The first-order chi connectivity index (χ1) is 10.1. The Labute approximate surface area is 120 Å². The zero-order chi connectivity index (χ0) is 15.2. The average molecular weight is 292 g/mol. The Morgan fingerprint density at radius 3 is 2.95 bits per heavy atom. The molecule has 2 rings (SSSR count). The van der Waals surface area contributed by atoms with Crippen molar-refractivity contribution in [2.24, 2.45) is 0 Å². The van der Waals surface area contributed by atoms with Gasteiger partial charge in [0.1, 0.15) is 18.7 Å². The lowest BCUT2D eigenvalue weighted by molar-refractivity contribution is -0.117. The molecule has 0 fully saturated rings. The van der Waals surface area contributed by atoms with Gasteiger partial charge in [0.05, 0.1) is 13.3 Å². The van der Waals surface area contributed by atoms with Crippen molar-refractivity contribution in [3.05, 3.63) is 24.4 Å². The fourth-order valence-corrected chi connectivity index (χ4v) is 1.71. The molecular formula is C12H16N6O3. The summed E-state index contributed by atoms with van der Waals surface area (Å²) in [7, 11) is 1.24. The predicted molar refractivity (Wildman–Crippen MR) is 72.5 cm³/mol. The number of methoxy groups -OCH3 is 1. The molecule has 2 heterocycles. The van der Waals surface area contributed by atoms with Gasteiger partial charge in [-0.25, -0.2) is 19.1 Å². The molecule has 1 amide bonds. The van der Waals surface area contributed by atoms with Crippen LogP contribution in [0.1, 0.15) is 24.0 Å². The van der Waals surface area contributed by atoms with Crippen LogP contribution in [0.4, 0.5) is 5.82 Å². The van der Waals surface area contributed by atoms with Crippen molar-refractivity contribution >= 4 is 17.7 Å². The van der Waals surface area contributed by atoms with Crippen LogP contribution < -0.4 is 5.32 Å². The molecule has 0 aliphatic carbocycles. The van der Waals surface area contributed by atoms with Crippen molar-refractivity contribution in [3.63, 3.8) is 0 Å². The number of aromatic nitrogens is 5. The minimum atomic E-state index is -0.643. The van der Waals surface area contributed by atoms with E-state index in [1.165, 1.54) is 18.1 Å². The van der Waals surface area contributed by atoms with Gasteiger partial charge in [-0.1, -0.05) is 6.92 Å². The number of rotatable bonds is 6. The lowest BCUT2D eigenvalue weighted by Gasteiger charge is -2.07. The highest BCUT2D eigenvalue weighted by atomic mass is 16.5. The number of amides is 1. The summed E-state index contributed by atoms with van der Waals surface area (Å²) in [5.74, 6) is -0.388. The van der Waals surface area contributed by atoms with E-state index < -0.39 is 5.97 Å². The Morgan fingerprint density at radius 1 is 1.43 bits per heavy atom. The highest BCUT2D eigenvalue weighted by Gasteiger charge is 2.13. The monoisotopic (exact) mass is 292 g/mol. The highest BCUT2D eigenvalue weighted by Crippen LogP contribution is 2.07. The summed E-state index contributed by atoms with van der Waals surface area (Å²) in [5, 5.41) is 10.7. The van der Waals surface area contributed by atoms with Gasteiger partial charge < -0.3 is 10.1 Å². The summed E-state index contributed by atoms with van der Waals surface area (Å²) in [4.78, 5) is 26.9. The van der Waals surface area contributed by atoms with Crippen LogP contribution >= 0.6 is 0 Å². The molecule has 0 spiro atoms. The first kappa shape index (κ1) is 14.7. The molecule has 9 heteroatoms. The maximum Gasteiger partial charge on any atom is 0.377 e. The molecule has 0 aliphatic rings. The fraction of sp³-hybridized carbons (Fsp3) is 0.417. The van der Waals surface area contributed by atoms with Crippen molar-refractivity contribution in [1.29, 1.82) is 0 Å². The summed E-state index contributed by atoms with van der Waals surface area (Å²) in [6, 6.07) is 1.72. The molecule has 1 N–H and O–H groups in total. The zero-order valence-corrected chi connectivity index (χ0v) is 11.8. The van der Waals surface area contributed by atoms with Gasteiger partial charge in [-0.05, 0) is 6.42 Å². The second kappa shape index (κ2) is 6.64. The first-order valence-corrected chi connectivity index (χ1v) is 6.43. The highest BCUT2D eigenvalue weighted by molar-refractivity contribution is 5.89. The molecule has 9 nitrogen and oxygen atoms in total. The van der Waals surface area contributed by atoms with E-state index in [1.807, 2.05) is 6.92 Å². The molecule has 112 valence electrons. The molecular weight excluding hydrogens is 276 g/mol. The largest absolute Gasteiger partial charge is 0.463 e. The molecule has 0 saturated heterocycles. The summed E-state index contributed by atoms with van der Waals surface area (Å²) in [5.41, 5.74) is 0. The first-order valence-electron chi connectivity index (χ1n) is 6.43. The number of hydrogen-bond acceptors (Lipinski definition) is 6. The van der Waals surface area contributed by atoms with E-state index in [1.54, 1.807) is 16.9 Å². The second-order valence-electron chi connectivity index (χ2n) is 4.25. The summed E-state index contributed by atoms with van der Waals surface area (Å²) >= 11 is 0. The van der Waals surface area contributed by atoms with E-state index >= 15 is 0 Å². The minimum absolute atomic E-state index is 0.0543. The van der Waals surface area contributed by atoms with Gasteiger partial charge in [0.25, 0.3) is 5.82 Å². The molecule has 0 atom stereocenters. The SMILES string of the molecule is CCCn1nccc1NC(=O)Cn1cnc(C(=O)OC)n1. The molecule has 21 heavy (non-hydrogen) atoms. The maximum absolute atomic E-state index is 11.9. The molecule has 0 radical (unpaired) electrons. The maximum atomic E-state index is 11.9. The standard InChI is InChI=1S/C12H16N6O3/c1-3-6-18-9(4-5-14-18)15-10(19)7-17-8-13-11(16-17)12(20)21-2/h4-5,8H,3,6-7H2,1-2H3,(H,15,19). The second-order valence-corrected chi connectivity index (χ2v) is 4.25. The van der Waals surface area contributed by atoms with E-state index in [0.717, 1.165) is 13.0 Å². The number of aryl methyl sites for hydroxylation is 1. The number of esters is 1. The quantitative estimate of drug-likeness (QED) is 0.768. The Kier molecular flexibility index (Phi) is 4.64. The molecule has 0 unspecified atom stereocenters. The van der Waals surface area contributed by atoms with Crippen LogP contribution in [0.15, 0.2) is 18.6 Å². The van der Waals surface area contributed by atoms with Gasteiger partial charge in [-0.3, -0.25) is 4.79 Å². The van der Waals surface area contributed by atoms with Gasteiger partial charge >= 0.3 is 5.97 Å². The van der Waals surface area contributed by atoms with Gasteiger partial charge in [-0.2, -0.15) is 5.10 Å². The lowest BCUT2D eigenvalue weighted by atomic mass is 10.5. The molecule has 2 aromatic rings. The van der Waals surface area contributed by atoms with Crippen molar-refractivity contribution in [1.82, 2.24) is 24.5 Å². The number of nitrogens with one attached hydrogen (secondary N) is 1. The van der Waals surface area contributed by atoms with E-state index in [2.05, 4.69) is 25.2 Å². The van der Waals surface area contributed by atoms with Crippen molar-refractivity contribution < 1.29 is 14.3 Å². The van der Waals surface area contributed by atoms with E-state index in [0.29, 0.717) is 5.82 Å². The zero-order valence-electron chi connectivity index (χ0n) is 11.8. The molecule has 0 aromatic carbocycles. The number of ether oxygens (including phenoxy) is 1. The number of nitrogens with zero attached hydrogens (tertiary/aromatic N) is 5. The Hall–Kier alpha value is -2.71. The van der Waals surface area contributed by atoms with E-state index in [9.17, 15) is 9.59 Å². The topological polar surface area (TPSA) is 104 Å². The third-order valence-corrected chi connectivity index (χ3v) is 2.63. The van der Waals surface area contributed by atoms with Crippen LogP contribution in [0.5, 0.6) is 0 Å². The van der Waals surface area contributed by atoms with Gasteiger partial charge in [-0.15, -0.1) is 5.10 Å². The predicted octanol–water partition coefficient (Wildman–Crippen LogP) is 0.310. The van der Waals surface area contributed by atoms with E-state index in [4.69, 9.17) is 0 Å². The van der Waals surface area contributed by atoms with Crippen molar-refractivity contribution in [3.8, 4) is 0 Å². The summed E-state index contributed by atoms with van der Waals surface area (Å²) in [6.45, 7) is 2.69. The molecule has 2 aromatic heterocycles. The summed E-state index contributed by atoms with van der Waals surface area (Å²) in [6.07, 6.45) is 3.83. The van der Waals surface area contributed by atoms with Gasteiger partial charge in [0.15, 0.2) is 0 Å². The number of anilines is 1. The molecule has 0 bridgehead atoms. The summed E-state index contributed by atoms with van der Waals surface area (Å²) < 4.78 is 7.47. The Morgan fingerprint density at radius 2 is 2.24 bits per heavy atom. The fourth-order valence-electron chi connectivity index (χ4n) is 1.71. The van der Waals surface area contributed by atoms with Crippen LogP contribution in [0.2, 0.25) is 0 Å². The Balaban J connectivity index is 1.96. The van der Waals surface area contributed by atoms with Gasteiger partial charge in [0.2, 0.25) is 5.91 Å². The van der Waals surface area contributed by atoms with E-state index in [-0.39, 0.29) is 18.3 Å². The van der Waals surface area contributed by atoms with Crippen LogP contribution in [0, 0.1) is 0 Å². The molecule has 0 saturated carbocycles. The minimum Gasteiger partial charge on any atom is -0.463 e. The number of hydrogen-bond donors (Lipinski definition) is 1. The number of carbonyl (C=O) groups excluding carboxylic acids is 2. The van der Waals surface area contributed by atoms with Crippen LogP contribution in [-0.4, -0.2) is 43.5 Å². The van der Waals surface area contributed by atoms with Crippen LogP contribution in [0.25, 0.3) is 0 Å². The smallest absolute Gasteiger partial charge is 0.377 e. The third kappa shape index (κ3) is 3.65. The normalized spacial score (nSPS) is 10.4. The van der Waals surface area contributed by atoms with Crippen LogP contribution in [0.3, 0.4) is 0 Å². The van der Waals surface area contributed by atoms with Crippen molar-refractivity contribution in [2.75, 3.05) is 12.4 Å². The van der Waals surface area contributed by atoms with Crippen LogP contribution in [-0.2, 0) is 22.6 Å². The average Bonchev–Trinajstić information content (AvgIpc) is 3.09. The third-order valence-electron chi connectivity index (χ3n) is 2.63. The number of carbonyl (C=O) groups is 2. The van der Waals surface area contributed by atoms with Gasteiger partial charge in [0, 0.05) is 12.6 Å².